The zero-order valence-electron chi connectivity index (χ0n) is 14.6. The fraction of sp³-hybridized carbons (Fsp3) is 0.688. The van der Waals surface area contributed by atoms with E-state index in [4.69, 9.17) is 0 Å². The lowest BCUT2D eigenvalue weighted by Gasteiger charge is -2.38. The summed E-state index contributed by atoms with van der Waals surface area (Å²) in [5.74, 6) is 1.71. The average molecular weight is 381 g/mol. The van der Waals surface area contributed by atoms with Crippen LogP contribution in [0.5, 0.6) is 0 Å². The van der Waals surface area contributed by atoms with Crippen LogP contribution >= 0.6 is 0 Å². The van der Waals surface area contributed by atoms with Gasteiger partial charge < -0.3 is 15.2 Å². The Hall–Kier alpha value is -1.94. The van der Waals surface area contributed by atoms with Crippen LogP contribution in [0.2, 0.25) is 0 Å². The van der Waals surface area contributed by atoms with Crippen molar-refractivity contribution in [3.63, 3.8) is 0 Å². The third-order valence-corrected chi connectivity index (χ3v) is 6.53. The number of aromatic nitrogens is 2. The Kier molecular flexibility index (Phi) is 4.07. The lowest BCUT2D eigenvalue weighted by atomic mass is 10.2. The number of hydrogen-bond acceptors (Lipinski definition) is 7. The van der Waals surface area contributed by atoms with Crippen molar-refractivity contribution in [1.29, 1.82) is 0 Å². The van der Waals surface area contributed by atoms with Gasteiger partial charge in [0.05, 0.1) is 0 Å². The molecular weight excluding hydrogens is 358 g/mol. The van der Waals surface area contributed by atoms with E-state index < -0.39 is 15.1 Å². The minimum absolute atomic E-state index is 0.153. The monoisotopic (exact) mass is 381 g/mol. The van der Waals surface area contributed by atoms with Crippen molar-refractivity contribution in [3.8, 4) is 0 Å². The van der Waals surface area contributed by atoms with Crippen LogP contribution in [-0.4, -0.2) is 52.6 Å². The molecule has 4 rings (SSSR count). The summed E-state index contributed by atoms with van der Waals surface area (Å²) in [4.78, 5) is 22.7. The molecular formula is C16H23N5O4S. The molecule has 0 saturated heterocycles. The van der Waals surface area contributed by atoms with E-state index in [1.165, 1.54) is 4.90 Å². The highest BCUT2D eigenvalue weighted by molar-refractivity contribution is 7.88. The van der Waals surface area contributed by atoms with Crippen molar-refractivity contribution in [2.24, 2.45) is 4.99 Å². The van der Waals surface area contributed by atoms with Crippen molar-refractivity contribution in [3.05, 3.63) is 11.5 Å². The van der Waals surface area contributed by atoms with Gasteiger partial charge in [-0.25, -0.2) is 9.98 Å². The Balaban J connectivity index is 1.86. The molecule has 0 bridgehead atoms. The van der Waals surface area contributed by atoms with Crippen LogP contribution in [0.4, 0.5) is 5.82 Å². The second kappa shape index (κ2) is 6.05. The number of nitrogens with one attached hydrogen (secondary N) is 2. The van der Waals surface area contributed by atoms with E-state index in [1.54, 1.807) is 6.92 Å². The van der Waals surface area contributed by atoms with Crippen LogP contribution in [0.3, 0.4) is 0 Å². The van der Waals surface area contributed by atoms with Gasteiger partial charge >= 0.3 is 15.1 Å². The van der Waals surface area contributed by atoms with Crippen LogP contribution in [0.1, 0.15) is 62.9 Å². The molecule has 1 aromatic rings. The summed E-state index contributed by atoms with van der Waals surface area (Å²) in [5, 5.41) is 3.27. The van der Waals surface area contributed by atoms with Gasteiger partial charge in [0.2, 0.25) is 0 Å². The van der Waals surface area contributed by atoms with Gasteiger partial charge in [0, 0.05) is 18.5 Å². The van der Waals surface area contributed by atoms with E-state index in [0.29, 0.717) is 17.4 Å². The second-order valence-electron chi connectivity index (χ2n) is 7.18. The molecule has 9 nitrogen and oxygen atoms in total. The molecule has 1 unspecified atom stereocenters. The standard InChI is InChI=1S/C16H23N5O4S/c1-2-21-15-12(18-13(19-15)10-7-8-10)14(17-11-5-3-4-6-11)20-16(21,9-22)26(23,24)25/h9-11H,2-8H2,1H3,(H,17,20)(H,18,19)(H,23,24,25). The summed E-state index contributed by atoms with van der Waals surface area (Å²) in [7, 11) is -4.83. The average Bonchev–Trinajstić information content (AvgIpc) is 3.14. The molecule has 0 radical (unpaired) electrons. The summed E-state index contributed by atoms with van der Waals surface area (Å²) in [5.41, 5.74) is 0.585. The highest BCUT2D eigenvalue weighted by atomic mass is 32.2. The zero-order valence-corrected chi connectivity index (χ0v) is 15.4. The number of fused-ring (bicyclic) bond motifs is 1. The molecule has 0 spiro atoms. The Morgan fingerprint density at radius 1 is 1.35 bits per heavy atom. The molecule has 142 valence electrons. The summed E-state index contributed by atoms with van der Waals surface area (Å²) < 4.78 is 34.2. The first-order chi connectivity index (χ1) is 12.4. The molecule has 10 heteroatoms. The molecule has 1 atom stereocenters. The number of H-pyrrole nitrogens is 1. The minimum atomic E-state index is -4.83. The number of nitrogens with zero attached hydrogens (tertiary/aromatic N) is 3. The molecule has 1 aromatic heterocycles. The van der Waals surface area contributed by atoms with E-state index in [0.717, 1.165) is 44.3 Å². The Morgan fingerprint density at radius 3 is 2.58 bits per heavy atom. The first-order valence-electron chi connectivity index (χ1n) is 9.07. The van der Waals surface area contributed by atoms with Crippen LogP contribution < -0.4 is 10.2 Å². The quantitative estimate of drug-likeness (QED) is 0.515. The number of carbonyl (C=O) groups is 1. The van der Waals surface area contributed by atoms with E-state index in [9.17, 15) is 17.8 Å². The smallest absolute Gasteiger partial charge is 0.320 e. The van der Waals surface area contributed by atoms with E-state index in [2.05, 4.69) is 20.3 Å². The fourth-order valence-corrected chi connectivity index (χ4v) is 4.63. The number of aliphatic imine (C=N–C) groups is 1. The van der Waals surface area contributed by atoms with E-state index in [-0.39, 0.29) is 24.7 Å². The molecule has 2 heterocycles. The van der Waals surface area contributed by atoms with Crippen molar-refractivity contribution in [2.45, 2.75) is 62.4 Å². The summed E-state index contributed by atoms with van der Waals surface area (Å²) in [6.45, 7) is 1.85. The van der Waals surface area contributed by atoms with Crippen molar-refractivity contribution >= 4 is 28.1 Å². The maximum absolute atomic E-state index is 12.2. The third-order valence-electron chi connectivity index (χ3n) is 5.36. The van der Waals surface area contributed by atoms with E-state index >= 15 is 0 Å². The maximum atomic E-state index is 12.2. The van der Waals surface area contributed by atoms with Crippen LogP contribution in [0.25, 0.3) is 0 Å². The maximum Gasteiger partial charge on any atom is 0.320 e. The number of rotatable bonds is 5. The molecule has 0 amide bonds. The number of aldehydes is 1. The number of likely N-dealkylation sites (N-methyl/N-ethyl adjacent to an activating group) is 1. The molecule has 3 N–H and O–H groups in total. The third kappa shape index (κ3) is 2.62. The highest BCUT2D eigenvalue weighted by Gasteiger charge is 2.53. The first kappa shape index (κ1) is 17.5. The Morgan fingerprint density at radius 2 is 2.04 bits per heavy atom. The van der Waals surface area contributed by atoms with Gasteiger partial charge in [-0.05, 0) is 32.6 Å². The summed E-state index contributed by atoms with van der Waals surface area (Å²) in [6, 6.07) is 0.160. The number of aromatic amines is 1. The SMILES string of the molecule is CCN1c2nc(C3CC3)[nH]c2C(NC2CCCC2)=NC1(C=O)S(=O)(=O)O. The van der Waals surface area contributed by atoms with Crippen LogP contribution in [0, 0.1) is 0 Å². The summed E-state index contributed by atoms with van der Waals surface area (Å²) in [6.07, 6.45) is 6.32. The molecule has 26 heavy (non-hydrogen) atoms. The fourth-order valence-electron chi connectivity index (χ4n) is 3.81. The number of carbonyl (C=O) groups excluding carboxylic acids is 1. The first-order valence-corrected chi connectivity index (χ1v) is 10.5. The second-order valence-corrected chi connectivity index (χ2v) is 8.73. The predicted octanol–water partition coefficient (Wildman–Crippen LogP) is 1.15. The van der Waals surface area contributed by atoms with Crippen molar-refractivity contribution < 1.29 is 17.8 Å². The number of anilines is 1. The molecule has 1 aliphatic heterocycles. The van der Waals surface area contributed by atoms with Gasteiger partial charge in [-0.15, -0.1) is 0 Å². The lowest BCUT2D eigenvalue weighted by Crippen LogP contribution is -2.59. The van der Waals surface area contributed by atoms with Crippen molar-refractivity contribution in [1.82, 2.24) is 15.3 Å². The normalized spacial score (nSPS) is 26.5. The number of hydrogen-bond donors (Lipinski definition) is 3. The lowest BCUT2D eigenvalue weighted by molar-refractivity contribution is -0.110. The van der Waals surface area contributed by atoms with Gasteiger partial charge in [0.25, 0.3) is 0 Å². The van der Waals surface area contributed by atoms with Gasteiger partial charge in [-0.1, -0.05) is 12.8 Å². The zero-order chi connectivity index (χ0) is 18.5. The Labute approximate surface area is 152 Å². The van der Waals surface area contributed by atoms with Gasteiger partial charge in [-0.3, -0.25) is 9.35 Å². The van der Waals surface area contributed by atoms with E-state index in [1.807, 2.05) is 0 Å². The molecule has 2 fully saturated rings. The van der Waals surface area contributed by atoms with Crippen LogP contribution in [-0.2, 0) is 14.9 Å². The van der Waals surface area contributed by atoms with Crippen molar-refractivity contribution in [2.75, 3.05) is 11.4 Å². The number of imidazole rings is 1. The topological polar surface area (TPSA) is 128 Å². The molecule has 0 aromatic carbocycles. The molecule has 2 saturated carbocycles. The summed E-state index contributed by atoms with van der Waals surface area (Å²) >= 11 is 0. The molecule has 2 aliphatic carbocycles. The Bertz CT molecular complexity index is 854. The van der Waals surface area contributed by atoms with Gasteiger partial charge in [0.15, 0.2) is 17.9 Å². The highest BCUT2D eigenvalue weighted by Crippen LogP contribution is 2.42. The number of amidine groups is 1. The predicted molar refractivity (Wildman–Crippen MR) is 95.9 cm³/mol. The largest absolute Gasteiger partial charge is 0.366 e. The molecule has 3 aliphatic rings. The minimum Gasteiger partial charge on any atom is -0.366 e. The van der Waals surface area contributed by atoms with Crippen LogP contribution in [0.15, 0.2) is 4.99 Å². The van der Waals surface area contributed by atoms with Gasteiger partial charge in [0.1, 0.15) is 11.5 Å². The van der Waals surface area contributed by atoms with Gasteiger partial charge in [-0.2, -0.15) is 8.42 Å².